The number of aromatic nitrogens is 1. The Labute approximate surface area is 234 Å². The standard InChI is InChI=1S/C31H39N3O6/c35-21-27(37)12-5-2-8-16-32-30(38)24(18-25-20-34-29-15-7-6-14-28(25)29)19-26(36)13-9-17-33-31(39)40-22-23-10-3-1-4-11-23/h1,3-4,6-7,10-11,14-15,20,24,34-35H,2,5,8-9,12-13,16-19,21-22H2,(H,32,38)(H,33,39)/t24-/m1/s1. The second-order valence-corrected chi connectivity index (χ2v) is 9.89. The molecule has 4 N–H and O–H groups in total. The van der Waals surface area contributed by atoms with Crippen LogP contribution in [0.5, 0.6) is 0 Å². The number of alkyl carbamates (subject to hydrolysis) is 1. The number of unbranched alkanes of at least 4 members (excludes halogenated alkanes) is 2. The monoisotopic (exact) mass is 549 g/mol. The first-order chi connectivity index (χ1) is 19.5. The van der Waals surface area contributed by atoms with Gasteiger partial charge >= 0.3 is 6.09 Å². The van der Waals surface area contributed by atoms with Gasteiger partial charge in [0.1, 0.15) is 19.0 Å². The molecule has 9 heteroatoms. The average Bonchev–Trinajstić information content (AvgIpc) is 3.38. The Morgan fingerprint density at radius 1 is 0.825 bits per heavy atom. The number of hydrogen-bond donors (Lipinski definition) is 4. The summed E-state index contributed by atoms with van der Waals surface area (Å²) in [6, 6.07) is 17.2. The van der Waals surface area contributed by atoms with Crippen LogP contribution in [0.4, 0.5) is 4.79 Å². The molecule has 1 heterocycles. The fourth-order valence-electron chi connectivity index (χ4n) is 4.51. The van der Waals surface area contributed by atoms with E-state index in [4.69, 9.17) is 9.84 Å². The van der Waals surface area contributed by atoms with Gasteiger partial charge < -0.3 is 25.5 Å². The predicted octanol–water partition coefficient (Wildman–Crippen LogP) is 4.23. The average molecular weight is 550 g/mol. The minimum Gasteiger partial charge on any atom is -0.445 e. The van der Waals surface area contributed by atoms with E-state index in [-0.39, 0.29) is 36.9 Å². The van der Waals surface area contributed by atoms with Gasteiger partial charge in [0.2, 0.25) is 5.91 Å². The summed E-state index contributed by atoms with van der Waals surface area (Å²) in [5.74, 6) is -0.915. The van der Waals surface area contributed by atoms with Crippen molar-refractivity contribution in [3.63, 3.8) is 0 Å². The van der Waals surface area contributed by atoms with Crippen molar-refractivity contribution in [3.05, 3.63) is 71.9 Å². The van der Waals surface area contributed by atoms with Gasteiger partial charge in [0.15, 0.2) is 5.78 Å². The molecule has 1 atom stereocenters. The van der Waals surface area contributed by atoms with Crippen molar-refractivity contribution in [2.45, 2.75) is 58.0 Å². The molecular formula is C31H39N3O6. The van der Waals surface area contributed by atoms with Gasteiger partial charge in [0.25, 0.3) is 0 Å². The Kier molecular flexibility index (Phi) is 12.9. The lowest BCUT2D eigenvalue weighted by atomic mass is 9.92. The van der Waals surface area contributed by atoms with E-state index >= 15 is 0 Å². The molecule has 0 saturated carbocycles. The minimum atomic E-state index is -0.534. The minimum absolute atomic E-state index is 0.0399. The number of amides is 2. The van der Waals surface area contributed by atoms with E-state index < -0.39 is 18.6 Å². The largest absolute Gasteiger partial charge is 0.445 e. The quantitative estimate of drug-likeness (QED) is 0.175. The second-order valence-electron chi connectivity index (χ2n) is 9.89. The van der Waals surface area contributed by atoms with Crippen molar-refractivity contribution >= 4 is 34.5 Å². The van der Waals surface area contributed by atoms with E-state index in [0.717, 1.165) is 28.5 Å². The van der Waals surface area contributed by atoms with Crippen molar-refractivity contribution in [1.29, 1.82) is 0 Å². The number of ether oxygens (including phenoxy) is 1. The molecular weight excluding hydrogens is 510 g/mol. The third kappa shape index (κ3) is 10.6. The molecule has 214 valence electrons. The van der Waals surface area contributed by atoms with E-state index in [2.05, 4.69) is 15.6 Å². The number of para-hydroxylation sites is 1. The fourth-order valence-corrected chi connectivity index (χ4v) is 4.51. The molecule has 3 aromatic rings. The van der Waals surface area contributed by atoms with Crippen molar-refractivity contribution in [3.8, 4) is 0 Å². The lowest BCUT2D eigenvalue weighted by Gasteiger charge is -2.16. The summed E-state index contributed by atoms with van der Waals surface area (Å²) in [6.45, 7) is 0.503. The Balaban J connectivity index is 1.45. The van der Waals surface area contributed by atoms with Crippen LogP contribution in [0.1, 0.15) is 56.1 Å². The molecule has 40 heavy (non-hydrogen) atoms. The molecule has 0 fully saturated rings. The van der Waals surface area contributed by atoms with Crippen LogP contribution in [0.25, 0.3) is 10.9 Å². The van der Waals surface area contributed by atoms with Crippen molar-refractivity contribution < 1.29 is 29.0 Å². The molecule has 9 nitrogen and oxygen atoms in total. The van der Waals surface area contributed by atoms with Gasteiger partial charge in [-0.15, -0.1) is 0 Å². The molecule has 2 amide bonds. The number of benzene rings is 2. The summed E-state index contributed by atoms with van der Waals surface area (Å²) in [7, 11) is 0. The van der Waals surface area contributed by atoms with Crippen molar-refractivity contribution in [2.75, 3.05) is 19.7 Å². The maximum Gasteiger partial charge on any atom is 0.407 e. The molecule has 0 radical (unpaired) electrons. The summed E-state index contributed by atoms with van der Waals surface area (Å²) in [5.41, 5.74) is 2.85. The number of rotatable bonds is 18. The van der Waals surface area contributed by atoms with Crippen LogP contribution >= 0.6 is 0 Å². The number of carbonyl (C=O) groups excluding carboxylic acids is 4. The SMILES string of the molecule is O=C(CO)CCCCCNC(=O)[C@@H](CC(=O)CCCNC(=O)OCc1ccccc1)Cc1c[nH]c2ccccc12. The van der Waals surface area contributed by atoms with Crippen molar-refractivity contribution in [2.24, 2.45) is 5.92 Å². The number of fused-ring (bicyclic) bond motifs is 1. The van der Waals surface area contributed by atoms with E-state index in [9.17, 15) is 19.2 Å². The molecule has 3 rings (SSSR count). The van der Waals surface area contributed by atoms with Gasteiger partial charge in [-0.1, -0.05) is 55.0 Å². The third-order valence-electron chi connectivity index (χ3n) is 6.71. The lowest BCUT2D eigenvalue weighted by Crippen LogP contribution is -2.34. The van der Waals surface area contributed by atoms with E-state index in [1.165, 1.54) is 0 Å². The first-order valence-electron chi connectivity index (χ1n) is 13.9. The van der Waals surface area contributed by atoms with Crippen molar-refractivity contribution in [1.82, 2.24) is 15.6 Å². The molecule has 0 unspecified atom stereocenters. The number of hydrogen-bond acceptors (Lipinski definition) is 6. The summed E-state index contributed by atoms with van der Waals surface area (Å²) in [6.07, 6.45) is 5.06. The normalized spacial score (nSPS) is 11.6. The zero-order valence-electron chi connectivity index (χ0n) is 22.8. The van der Waals surface area contributed by atoms with Crippen LogP contribution in [0.2, 0.25) is 0 Å². The van der Waals surface area contributed by atoms with Crippen LogP contribution in [-0.4, -0.2) is 53.4 Å². The van der Waals surface area contributed by atoms with Gasteiger partial charge in [0, 0.05) is 55.4 Å². The second kappa shape index (κ2) is 16.9. The third-order valence-corrected chi connectivity index (χ3v) is 6.71. The number of aliphatic hydroxyl groups excluding tert-OH is 1. The first kappa shape index (κ1) is 30.6. The van der Waals surface area contributed by atoms with E-state index in [1.54, 1.807) is 0 Å². The first-order valence-corrected chi connectivity index (χ1v) is 13.9. The number of ketones is 2. The summed E-state index contributed by atoms with van der Waals surface area (Å²) >= 11 is 0. The highest BCUT2D eigenvalue weighted by Crippen LogP contribution is 2.23. The summed E-state index contributed by atoms with van der Waals surface area (Å²) < 4.78 is 5.19. The molecule has 0 saturated heterocycles. The van der Waals surface area contributed by atoms with Crippen LogP contribution < -0.4 is 10.6 Å². The van der Waals surface area contributed by atoms with Gasteiger partial charge in [-0.25, -0.2) is 4.79 Å². The van der Waals surface area contributed by atoms with E-state index in [0.29, 0.717) is 45.2 Å². The topological polar surface area (TPSA) is 138 Å². The van der Waals surface area contributed by atoms with Gasteiger partial charge in [0.05, 0.1) is 0 Å². The zero-order chi connectivity index (χ0) is 28.6. The van der Waals surface area contributed by atoms with Gasteiger partial charge in [-0.2, -0.15) is 0 Å². The lowest BCUT2D eigenvalue weighted by molar-refractivity contribution is -0.129. The smallest absolute Gasteiger partial charge is 0.407 e. The molecule has 0 aliphatic rings. The Morgan fingerprint density at radius 2 is 1.55 bits per heavy atom. The molecule has 2 aromatic carbocycles. The number of Topliss-reactive ketones (excluding diaryl/α,β-unsaturated/α-hetero) is 2. The Bertz CT molecular complexity index is 1240. The highest BCUT2D eigenvalue weighted by atomic mass is 16.5. The maximum absolute atomic E-state index is 13.1. The van der Waals surface area contributed by atoms with Crippen LogP contribution in [-0.2, 0) is 32.1 Å². The molecule has 0 aliphatic heterocycles. The number of nitrogens with one attached hydrogen (secondary N) is 3. The van der Waals surface area contributed by atoms with Gasteiger partial charge in [-0.3, -0.25) is 14.4 Å². The zero-order valence-corrected chi connectivity index (χ0v) is 22.8. The predicted molar refractivity (Wildman–Crippen MR) is 153 cm³/mol. The van der Waals surface area contributed by atoms with Crippen LogP contribution in [0, 0.1) is 5.92 Å². The van der Waals surface area contributed by atoms with Crippen LogP contribution in [0.3, 0.4) is 0 Å². The highest BCUT2D eigenvalue weighted by Gasteiger charge is 2.23. The highest BCUT2D eigenvalue weighted by molar-refractivity contribution is 5.88. The Hall–Kier alpha value is -3.98. The molecule has 0 bridgehead atoms. The number of aliphatic hydroxyl groups is 1. The summed E-state index contributed by atoms with van der Waals surface area (Å²) in [5, 5.41) is 15.5. The number of aromatic amines is 1. The summed E-state index contributed by atoms with van der Waals surface area (Å²) in [4.78, 5) is 52.3. The molecule has 0 spiro atoms. The van der Waals surface area contributed by atoms with Crippen LogP contribution in [0.15, 0.2) is 60.8 Å². The van der Waals surface area contributed by atoms with Gasteiger partial charge in [-0.05, 0) is 42.9 Å². The number of H-pyrrole nitrogens is 1. The molecule has 0 aliphatic carbocycles. The van der Waals surface area contributed by atoms with E-state index in [1.807, 2.05) is 60.8 Å². The number of carbonyl (C=O) groups is 4. The Morgan fingerprint density at radius 3 is 2.35 bits per heavy atom. The fraction of sp³-hybridized carbons (Fsp3) is 0.419. The molecule has 1 aromatic heterocycles. The maximum atomic E-state index is 13.1.